The Labute approximate surface area is 154 Å². The fourth-order valence-corrected chi connectivity index (χ4v) is 3.27. The van der Waals surface area contributed by atoms with Crippen molar-refractivity contribution in [2.24, 2.45) is 5.14 Å². The number of hydrogen-bond donors (Lipinski definition) is 2. The molecule has 3 rings (SSSR count). The molecule has 3 aromatic rings. The minimum Gasteiger partial charge on any atom is -0.495 e. The van der Waals surface area contributed by atoms with Crippen LogP contribution >= 0.6 is 0 Å². The molecular formula is C17H16N4O5S. The van der Waals surface area contributed by atoms with E-state index in [0.717, 1.165) is 0 Å². The maximum atomic E-state index is 12.4. The minimum atomic E-state index is -4.04. The highest BCUT2D eigenvalue weighted by Gasteiger charge is 2.16. The third-order valence-corrected chi connectivity index (χ3v) is 4.73. The van der Waals surface area contributed by atoms with Crippen molar-refractivity contribution in [1.82, 2.24) is 9.55 Å². The second-order valence-electron chi connectivity index (χ2n) is 5.65. The highest BCUT2D eigenvalue weighted by molar-refractivity contribution is 7.89. The first-order valence-corrected chi connectivity index (χ1v) is 9.29. The van der Waals surface area contributed by atoms with Crippen molar-refractivity contribution >= 4 is 32.5 Å². The molecule has 0 radical (unpaired) electrons. The zero-order valence-electron chi connectivity index (χ0n) is 14.2. The van der Waals surface area contributed by atoms with Crippen LogP contribution < -0.4 is 20.8 Å². The van der Waals surface area contributed by atoms with Crippen molar-refractivity contribution in [2.75, 3.05) is 12.4 Å². The first-order chi connectivity index (χ1) is 12.8. The van der Waals surface area contributed by atoms with Gasteiger partial charge in [0.15, 0.2) is 0 Å². The normalized spacial score (nSPS) is 11.3. The number of para-hydroxylation sites is 1. The van der Waals surface area contributed by atoms with E-state index in [2.05, 4.69) is 10.3 Å². The molecule has 27 heavy (non-hydrogen) atoms. The standard InChI is InChI=1S/C17H16N4O5S/c1-26-14-7-6-11(8-15(14)27(18,24)25)20-16(22)9-21-10-19-13-5-3-2-4-12(13)17(21)23/h2-8,10H,9H2,1H3,(H,20,22)(H2,18,24,25). The second-order valence-corrected chi connectivity index (χ2v) is 7.18. The number of fused-ring (bicyclic) bond motifs is 1. The van der Waals surface area contributed by atoms with Gasteiger partial charge in [-0.1, -0.05) is 12.1 Å². The lowest BCUT2D eigenvalue weighted by Gasteiger charge is -2.11. The number of hydrogen-bond acceptors (Lipinski definition) is 6. The van der Waals surface area contributed by atoms with Gasteiger partial charge in [-0.2, -0.15) is 0 Å². The number of nitrogens with zero attached hydrogens (tertiary/aromatic N) is 2. The van der Waals surface area contributed by atoms with E-state index in [-0.39, 0.29) is 28.4 Å². The van der Waals surface area contributed by atoms with Crippen molar-refractivity contribution in [3.63, 3.8) is 0 Å². The zero-order valence-corrected chi connectivity index (χ0v) is 15.1. The van der Waals surface area contributed by atoms with Crippen LogP contribution in [0.1, 0.15) is 0 Å². The van der Waals surface area contributed by atoms with Crippen LogP contribution in [0.15, 0.2) is 58.5 Å². The molecule has 0 aliphatic heterocycles. The minimum absolute atomic E-state index is 0.0606. The molecule has 0 spiro atoms. The SMILES string of the molecule is COc1ccc(NC(=O)Cn2cnc3ccccc3c2=O)cc1S(N)(=O)=O. The van der Waals surface area contributed by atoms with Gasteiger partial charge in [-0.25, -0.2) is 18.5 Å². The van der Waals surface area contributed by atoms with E-state index in [9.17, 15) is 18.0 Å². The molecule has 1 amide bonds. The topological polar surface area (TPSA) is 133 Å². The predicted octanol–water partition coefficient (Wildman–Crippen LogP) is 0.691. The molecule has 2 aromatic carbocycles. The summed E-state index contributed by atoms with van der Waals surface area (Å²) in [7, 11) is -2.73. The Morgan fingerprint density at radius 3 is 2.70 bits per heavy atom. The van der Waals surface area contributed by atoms with Crippen LogP contribution in [-0.4, -0.2) is 31.0 Å². The third kappa shape index (κ3) is 3.96. The molecule has 0 saturated carbocycles. The van der Waals surface area contributed by atoms with Crippen LogP contribution in [0.25, 0.3) is 10.9 Å². The van der Waals surface area contributed by atoms with Crippen LogP contribution in [-0.2, 0) is 21.4 Å². The fraction of sp³-hybridized carbons (Fsp3) is 0.118. The van der Waals surface area contributed by atoms with E-state index < -0.39 is 15.9 Å². The Morgan fingerprint density at radius 1 is 1.26 bits per heavy atom. The molecule has 9 nitrogen and oxygen atoms in total. The van der Waals surface area contributed by atoms with Crippen molar-refractivity contribution < 1.29 is 17.9 Å². The Hall–Kier alpha value is -3.24. The van der Waals surface area contributed by atoms with Crippen LogP contribution in [0.3, 0.4) is 0 Å². The molecule has 0 saturated heterocycles. The molecule has 1 aromatic heterocycles. The summed E-state index contributed by atoms with van der Waals surface area (Å²) < 4.78 is 29.4. The number of rotatable bonds is 5. The van der Waals surface area contributed by atoms with Crippen molar-refractivity contribution in [3.8, 4) is 5.75 Å². The van der Waals surface area contributed by atoms with Crippen molar-refractivity contribution in [2.45, 2.75) is 11.4 Å². The summed E-state index contributed by atoms with van der Waals surface area (Å²) in [4.78, 5) is 28.6. The first-order valence-electron chi connectivity index (χ1n) is 7.74. The molecule has 0 aliphatic rings. The third-order valence-electron chi connectivity index (χ3n) is 3.80. The summed E-state index contributed by atoms with van der Waals surface area (Å²) in [5, 5.41) is 8.08. The summed E-state index contributed by atoms with van der Waals surface area (Å²) in [6, 6.07) is 10.8. The zero-order chi connectivity index (χ0) is 19.6. The summed E-state index contributed by atoms with van der Waals surface area (Å²) in [5.74, 6) is -0.467. The number of anilines is 1. The average Bonchev–Trinajstić information content (AvgIpc) is 2.63. The van der Waals surface area contributed by atoms with Gasteiger partial charge in [0.2, 0.25) is 15.9 Å². The molecule has 0 unspecified atom stereocenters. The monoisotopic (exact) mass is 388 g/mol. The van der Waals surface area contributed by atoms with E-state index in [1.54, 1.807) is 24.3 Å². The Kier molecular flexibility index (Phi) is 4.93. The van der Waals surface area contributed by atoms with Gasteiger partial charge in [-0.3, -0.25) is 14.2 Å². The van der Waals surface area contributed by atoms with E-state index in [1.165, 1.54) is 36.2 Å². The predicted molar refractivity (Wildman–Crippen MR) is 99.0 cm³/mol. The van der Waals surface area contributed by atoms with E-state index in [1.807, 2.05) is 0 Å². The Balaban J connectivity index is 1.85. The number of nitrogens with two attached hydrogens (primary N) is 1. The molecule has 10 heteroatoms. The van der Waals surface area contributed by atoms with Gasteiger partial charge in [-0.05, 0) is 30.3 Å². The quantitative estimate of drug-likeness (QED) is 0.661. The number of ether oxygens (including phenoxy) is 1. The van der Waals surface area contributed by atoms with E-state index in [0.29, 0.717) is 10.9 Å². The van der Waals surface area contributed by atoms with Crippen LogP contribution in [0, 0.1) is 0 Å². The molecule has 0 fully saturated rings. The number of amides is 1. The number of sulfonamides is 1. The number of nitrogens with one attached hydrogen (secondary N) is 1. The molecule has 3 N–H and O–H groups in total. The average molecular weight is 388 g/mol. The van der Waals surface area contributed by atoms with E-state index >= 15 is 0 Å². The highest BCUT2D eigenvalue weighted by Crippen LogP contribution is 2.26. The van der Waals surface area contributed by atoms with Gasteiger partial charge in [0.25, 0.3) is 5.56 Å². The number of carbonyl (C=O) groups is 1. The number of carbonyl (C=O) groups excluding carboxylic acids is 1. The summed E-state index contributed by atoms with van der Waals surface area (Å²) >= 11 is 0. The molecule has 140 valence electrons. The number of benzene rings is 2. The maximum absolute atomic E-state index is 12.4. The maximum Gasteiger partial charge on any atom is 0.261 e. The summed E-state index contributed by atoms with van der Waals surface area (Å²) in [5.41, 5.74) is 0.384. The first kappa shape index (κ1) is 18.5. The van der Waals surface area contributed by atoms with Crippen LogP contribution in [0.4, 0.5) is 5.69 Å². The lowest BCUT2D eigenvalue weighted by atomic mass is 10.2. The summed E-state index contributed by atoms with van der Waals surface area (Å²) in [6.45, 7) is -0.284. The molecular weight excluding hydrogens is 372 g/mol. The Morgan fingerprint density at radius 2 is 2.00 bits per heavy atom. The van der Waals surface area contributed by atoms with Gasteiger partial charge in [0.1, 0.15) is 17.2 Å². The lowest BCUT2D eigenvalue weighted by Crippen LogP contribution is -2.28. The van der Waals surface area contributed by atoms with Crippen LogP contribution in [0.5, 0.6) is 5.75 Å². The Bertz CT molecular complexity index is 1190. The highest BCUT2D eigenvalue weighted by atomic mass is 32.2. The van der Waals surface area contributed by atoms with Crippen molar-refractivity contribution in [1.29, 1.82) is 0 Å². The largest absolute Gasteiger partial charge is 0.495 e. The smallest absolute Gasteiger partial charge is 0.261 e. The number of primary sulfonamides is 1. The van der Waals surface area contributed by atoms with E-state index in [4.69, 9.17) is 9.88 Å². The fourth-order valence-electron chi connectivity index (χ4n) is 2.55. The van der Waals surface area contributed by atoms with Gasteiger partial charge in [0, 0.05) is 5.69 Å². The number of aromatic nitrogens is 2. The van der Waals surface area contributed by atoms with Gasteiger partial charge < -0.3 is 10.1 Å². The van der Waals surface area contributed by atoms with Gasteiger partial charge in [-0.15, -0.1) is 0 Å². The lowest BCUT2D eigenvalue weighted by molar-refractivity contribution is -0.116. The number of methoxy groups -OCH3 is 1. The molecule has 0 bridgehead atoms. The molecule has 1 heterocycles. The van der Waals surface area contributed by atoms with Crippen molar-refractivity contribution in [3.05, 3.63) is 59.1 Å². The summed E-state index contributed by atoms with van der Waals surface area (Å²) in [6.07, 6.45) is 1.29. The van der Waals surface area contributed by atoms with Gasteiger partial charge >= 0.3 is 0 Å². The molecule has 0 atom stereocenters. The van der Waals surface area contributed by atoms with Gasteiger partial charge in [0.05, 0.1) is 24.3 Å². The molecule has 0 aliphatic carbocycles. The second kappa shape index (κ2) is 7.17. The van der Waals surface area contributed by atoms with Crippen LogP contribution in [0.2, 0.25) is 0 Å².